The number of carbonyl (C=O) groups excluding carboxylic acids is 1. The van der Waals surface area contributed by atoms with Crippen LogP contribution in [0, 0.1) is 11.3 Å². The predicted octanol–water partition coefficient (Wildman–Crippen LogP) is 4.24. The molecule has 1 atom stereocenters. The Morgan fingerprint density at radius 3 is 2.80 bits per heavy atom. The fourth-order valence-corrected chi connectivity index (χ4v) is 3.52. The van der Waals surface area contributed by atoms with E-state index in [-0.39, 0.29) is 11.7 Å². The van der Waals surface area contributed by atoms with Gasteiger partial charge in [0.2, 0.25) is 0 Å². The molecule has 1 aliphatic heterocycles. The summed E-state index contributed by atoms with van der Waals surface area (Å²) < 4.78 is 17.5. The van der Waals surface area contributed by atoms with Crippen molar-refractivity contribution in [3.63, 3.8) is 0 Å². The highest BCUT2D eigenvalue weighted by atomic mass is 79.9. The summed E-state index contributed by atoms with van der Waals surface area (Å²) in [7, 11) is 1.55. The molecule has 0 unspecified atom stereocenters. The molecule has 0 saturated carbocycles. The van der Waals surface area contributed by atoms with E-state index in [0.717, 1.165) is 18.4 Å². The molecule has 1 aliphatic rings. The van der Waals surface area contributed by atoms with Crippen molar-refractivity contribution in [2.24, 2.45) is 0 Å². The lowest BCUT2D eigenvalue weighted by molar-refractivity contribution is -0.117. The highest BCUT2D eigenvalue weighted by Crippen LogP contribution is 2.35. The number of rotatable bonds is 8. The molecule has 6 nitrogen and oxygen atoms in total. The Bertz CT molecular complexity index is 948. The summed E-state index contributed by atoms with van der Waals surface area (Å²) in [5.41, 5.74) is 1.69. The molecule has 1 saturated heterocycles. The van der Waals surface area contributed by atoms with Crippen molar-refractivity contribution in [1.29, 1.82) is 5.26 Å². The molecule has 2 aromatic carbocycles. The molecule has 156 valence electrons. The molecular weight excluding hydrogens is 448 g/mol. The minimum Gasteiger partial charge on any atom is -0.493 e. The zero-order valence-electron chi connectivity index (χ0n) is 16.7. The third-order valence-corrected chi connectivity index (χ3v) is 5.39. The number of nitriles is 1. The molecule has 3 rings (SSSR count). The number of methoxy groups -OCH3 is 1. The summed E-state index contributed by atoms with van der Waals surface area (Å²) in [6.45, 7) is 1.51. The van der Waals surface area contributed by atoms with Crippen LogP contribution in [-0.4, -0.2) is 32.3 Å². The predicted molar refractivity (Wildman–Crippen MR) is 117 cm³/mol. The van der Waals surface area contributed by atoms with E-state index in [2.05, 4.69) is 21.2 Å². The molecule has 2 aromatic rings. The number of carbonyl (C=O) groups is 1. The van der Waals surface area contributed by atoms with Gasteiger partial charge in [0.05, 0.1) is 13.2 Å². The third-order valence-electron chi connectivity index (χ3n) is 4.70. The number of ether oxygens (including phenoxy) is 3. The topological polar surface area (TPSA) is 80.6 Å². The van der Waals surface area contributed by atoms with Crippen molar-refractivity contribution in [3.8, 4) is 17.6 Å². The van der Waals surface area contributed by atoms with E-state index in [4.69, 9.17) is 14.2 Å². The smallest absolute Gasteiger partial charge is 0.262 e. The summed E-state index contributed by atoms with van der Waals surface area (Å²) in [5, 5.41) is 12.2. The van der Waals surface area contributed by atoms with E-state index >= 15 is 0 Å². The lowest BCUT2D eigenvalue weighted by Crippen LogP contribution is -2.32. The first-order valence-corrected chi connectivity index (χ1v) is 10.5. The Hall–Kier alpha value is -2.82. The van der Waals surface area contributed by atoms with Crippen LogP contribution >= 0.6 is 15.9 Å². The standard InChI is InChI=1S/C23H23BrN2O4/c1-28-21-11-17(10-18(13-25)23(27)26-14-19-8-5-9-29-19)20(24)12-22(21)30-15-16-6-3-2-4-7-16/h2-4,6-7,10-12,19H,5,8-9,14-15H2,1H3,(H,26,27)/b18-10+/t19-/m1/s1. The van der Waals surface area contributed by atoms with Crippen LogP contribution in [0.4, 0.5) is 0 Å². The Morgan fingerprint density at radius 1 is 1.33 bits per heavy atom. The second kappa shape index (κ2) is 10.8. The van der Waals surface area contributed by atoms with Crippen LogP contribution in [0.5, 0.6) is 11.5 Å². The molecule has 1 amide bonds. The first-order chi connectivity index (χ1) is 14.6. The maximum atomic E-state index is 12.4. The van der Waals surface area contributed by atoms with Crippen LogP contribution in [0.2, 0.25) is 0 Å². The zero-order valence-corrected chi connectivity index (χ0v) is 18.3. The number of benzene rings is 2. The van der Waals surface area contributed by atoms with Gasteiger partial charge in [-0.1, -0.05) is 46.3 Å². The molecule has 0 spiro atoms. The number of nitrogens with one attached hydrogen (secondary N) is 1. The quantitative estimate of drug-likeness (QED) is 0.460. The molecule has 1 N–H and O–H groups in total. The highest BCUT2D eigenvalue weighted by Gasteiger charge is 2.18. The Kier molecular flexibility index (Phi) is 7.89. The molecule has 1 heterocycles. The van der Waals surface area contributed by atoms with E-state index in [1.165, 1.54) is 6.08 Å². The van der Waals surface area contributed by atoms with Crippen LogP contribution < -0.4 is 14.8 Å². The van der Waals surface area contributed by atoms with Gasteiger partial charge in [0.15, 0.2) is 11.5 Å². The highest BCUT2D eigenvalue weighted by molar-refractivity contribution is 9.10. The minimum absolute atomic E-state index is 0.00806. The SMILES string of the molecule is COc1cc(/C=C(\C#N)C(=O)NC[C@H]2CCCO2)c(Br)cc1OCc1ccccc1. The Labute approximate surface area is 184 Å². The van der Waals surface area contributed by atoms with Crippen LogP contribution in [0.15, 0.2) is 52.5 Å². The van der Waals surface area contributed by atoms with E-state index in [0.29, 0.717) is 41.3 Å². The van der Waals surface area contributed by atoms with Crippen molar-refractivity contribution in [3.05, 3.63) is 63.6 Å². The van der Waals surface area contributed by atoms with E-state index in [9.17, 15) is 10.1 Å². The molecule has 1 fully saturated rings. The monoisotopic (exact) mass is 470 g/mol. The van der Waals surface area contributed by atoms with Gasteiger partial charge in [-0.3, -0.25) is 4.79 Å². The number of amides is 1. The van der Waals surface area contributed by atoms with Gasteiger partial charge in [-0.15, -0.1) is 0 Å². The summed E-state index contributed by atoms with van der Waals surface area (Å²) in [5.74, 6) is 0.646. The Morgan fingerprint density at radius 2 is 2.13 bits per heavy atom. The van der Waals surface area contributed by atoms with Gasteiger partial charge in [0, 0.05) is 17.6 Å². The summed E-state index contributed by atoms with van der Waals surface area (Å²) in [4.78, 5) is 12.4. The maximum Gasteiger partial charge on any atom is 0.262 e. The normalized spacial score (nSPS) is 16.0. The van der Waals surface area contributed by atoms with E-state index in [1.807, 2.05) is 36.4 Å². The van der Waals surface area contributed by atoms with Gasteiger partial charge in [-0.05, 0) is 42.2 Å². The van der Waals surface area contributed by atoms with Crippen molar-refractivity contribution < 1.29 is 19.0 Å². The molecule has 0 aliphatic carbocycles. The Balaban J connectivity index is 1.73. The maximum absolute atomic E-state index is 12.4. The third kappa shape index (κ3) is 5.85. The van der Waals surface area contributed by atoms with Gasteiger partial charge >= 0.3 is 0 Å². The number of nitrogens with zero attached hydrogens (tertiary/aromatic N) is 1. The molecule has 0 radical (unpaired) electrons. The van der Waals surface area contributed by atoms with Gasteiger partial charge in [-0.25, -0.2) is 0 Å². The summed E-state index contributed by atoms with van der Waals surface area (Å²) in [6, 6.07) is 15.3. The van der Waals surface area contributed by atoms with Gasteiger partial charge in [-0.2, -0.15) is 5.26 Å². The van der Waals surface area contributed by atoms with Crippen molar-refractivity contribution in [1.82, 2.24) is 5.32 Å². The van der Waals surface area contributed by atoms with Crippen molar-refractivity contribution >= 4 is 27.9 Å². The van der Waals surface area contributed by atoms with Gasteiger partial charge in [0.25, 0.3) is 5.91 Å². The van der Waals surface area contributed by atoms with Crippen LogP contribution in [0.1, 0.15) is 24.0 Å². The van der Waals surface area contributed by atoms with Crippen LogP contribution in [0.3, 0.4) is 0 Å². The first-order valence-electron chi connectivity index (χ1n) is 9.66. The lowest BCUT2D eigenvalue weighted by Gasteiger charge is -2.13. The summed E-state index contributed by atoms with van der Waals surface area (Å²) in [6.07, 6.45) is 3.45. The fourth-order valence-electron chi connectivity index (χ4n) is 3.08. The lowest BCUT2D eigenvalue weighted by atomic mass is 10.1. The molecule has 0 aromatic heterocycles. The minimum atomic E-state index is -0.428. The number of hydrogen-bond donors (Lipinski definition) is 1. The average Bonchev–Trinajstić information content (AvgIpc) is 3.29. The fraction of sp³-hybridized carbons (Fsp3) is 0.304. The zero-order chi connectivity index (χ0) is 21.3. The van der Waals surface area contributed by atoms with E-state index in [1.54, 1.807) is 19.2 Å². The van der Waals surface area contributed by atoms with Gasteiger partial charge in [0.1, 0.15) is 18.2 Å². The van der Waals surface area contributed by atoms with Crippen LogP contribution in [-0.2, 0) is 16.1 Å². The number of halogens is 1. The van der Waals surface area contributed by atoms with Crippen LogP contribution in [0.25, 0.3) is 6.08 Å². The largest absolute Gasteiger partial charge is 0.493 e. The average molecular weight is 471 g/mol. The molecule has 30 heavy (non-hydrogen) atoms. The molecule has 0 bridgehead atoms. The van der Waals surface area contributed by atoms with Crippen molar-refractivity contribution in [2.45, 2.75) is 25.6 Å². The molecule has 7 heteroatoms. The molecular formula is C23H23BrN2O4. The second-order valence-electron chi connectivity index (χ2n) is 6.81. The number of hydrogen-bond acceptors (Lipinski definition) is 5. The first kappa shape index (κ1) is 21.9. The van der Waals surface area contributed by atoms with Crippen molar-refractivity contribution in [2.75, 3.05) is 20.3 Å². The van der Waals surface area contributed by atoms with E-state index < -0.39 is 5.91 Å². The van der Waals surface area contributed by atoms with Gasteiger partial charge < -0.3 is 19.5 Å². The second-order valence-corrected chi connectivity index (χ2v) is 7.67. The summed E-state index contributed by atoms with van der Waals surface area (Å²) >= 11 is 3.50.